The van der Waals surface area contributed by atoms with E-state index in [2.05, 4.69) is 240 Å². The Labute approximate surface area is 354 Å². The quantitative estimate of drug-likeness (QED) is 0.163. The molecule has 2 nitrogen and oxygen atoms in total. The highest BCUT2D eigenvalue weighted by atomic mass is 15.1. The fourth-order valence-corrected chi connectivity index (χ4v) is 10.7. The van der Waals surface area contributed by atoms with E-state index in [-0.39, 0.29) is 5.41 Å². The van der Waals surface area contributed by atoms with Gasteiger partial charge in [0.15, 0.2) is 0 Å². The van der Waals surface area contributed by atoms with E-state index in [4.69, 9.17) is 0 Å². The second-order valence-corrected chi connectivity index (χ2v) is 16.5. The number of para-hydroxylation sites is 1. The summed E-state index contributed by atoms with van der Waals surface area (Å²) in [6.45, 7) is 0. The summed E-state index contributed by atoms with van der Waals surface area (Å²) >= 11 is 0. The van der Waals surface area contributed by atoms with Crippen molar-refractivity contribution in [2.75, 3.05) is 4.90 Å². The monoisotopic (exact) mass is 774 g/mol. The maximum atomic E-state index is 2.48. The minimum atomic E-state index is -0.323. The fraction of sp³-hybridized carbons (Fsp3) is 0.0169. The number of aromatic nitrogens is 1. The number of fused-ring (bicyclic) bond motifs is 10. The Morgan fingerprint density at radius 1 is 0.328 bits per heavy atom. The van der Waals surface area contributed by atoms with Crippen LogP contribution in [0.5, 0.6) is 0 Å². The molecule has 0 N–H and O–H groups in total. The molecule has 2 aliphatic carbocycles. The van der Waals surface area contributed by atoms with Gasteiger partial charge in [-0.3, -0.25) is 0 Å². The van der Waals surface area contributed by atoms with Crippen LogP contribution in [-0.2, 0) is 5.41 Å². The molecule has 1 heterocycles. The predicted molar refractivity (Wildman–Crippen MR) is 255 cm³/mol. The maximum absolute atomic E-state index is 2.48. The molecule has 0 bridgehead atoms. The zero-order chi connectivity index (χ0) is 40.1. The van der Waals surface area contributed by atoms with E-state index in [1.165, 1.54) is 88.2 Å². The SMILES string of the molecule is c1ccc(-c2cccc(N(c3ccc(-n4c5ccccc5c5cc(-c6ccccc6)ccc54)cc3)c3ccc4c(c3)C3(c5ccccc5-4)c4cccc5cccc3c45)c2)cc1. The van der Waals surface area contributed by atoms with Crippen LogP contribution in [0, 0.1) is 0 Å². The lowest BCUT2D eigenvalue weighted by Crippen LogP contribution is -2.36. The highest BCUT2D eigenvalue weighted by molar-refractivity contribution is 6.11. The molecule has 2 aliphatic rings. The number of hydrogen-bond donors (Lipinski definition) is 0. The van der Waals surface area contributed by atoms with Gasteiger partial charge in [0.1, 0.15) is 0 Å². The van der Waals surface area contributed by atoms with Gasteiger partial charge in [0, 0.05) is 33.5 Å². The van der Waals surface area contributed by atoms with E-state index >= 15 is 0 Å². The first-order chi connectivity index (χ1) is 30.3. The zero-order valence-electron chi connectivity index (χ0n) is 33.3. The second kappa shape index (κ2) is 13.0. The van der Waals surface area contributed by atoms with Crippen LogP contribution in [0.2, 0.25) is 0 Å². The Hall–Kier alpha value is -7.94. The standard InChI is InChI=1S/C59H38N2/c1-3-14-39(15-4-1)42-20-11-21-46(36-42)60(47-33-34-49-48-22-7-9-24-52(48)59(55(49)38-47)53-25-12-18-41-19-13-26-54(59)58(41)53)44-29-31-45(32-30-44)61-56-27-10-8-23-50(56)51-37-43(28-35-57(51)61)40-16-5-2-6-17-40/h1-38H. The molecule has 1 spiro atoms. The lowest BCUT2D eigenvalue weighted by molar-refractivity contribution is 0.745. The van der Waals surface area contributed by atoms with Gasteiger partial charge in [-0.15, -0.1) is 0 Å². The van der Waals surface area contributed by atoms with Crippen LogP contribution < -0.4 is 4.90 Å². The minimum absolute atomic E-state index is 0.323. The number of nitrogens with zero attached hydrogens (tertiary/aromatic N) is 2. The molecular weight excluding hydrogens is 737 g/mol. The minimum Gasteiger partial charge on any atom is -0.310 e. The molecule has 61 heavy (non-hydrogen) atoms. The van der Waals surface area contributed by atoms with Gasteiger partial charge in [0.2, 0.25) is 0 Å². The molecule has 11 aromatic rings. The fourth-order valence-electron chi connectivity index (χ4n) is 10.7. The first kappa shape index (κ1) is 34.0. The third kappa shape index (κ3) is 4.85. The molecule has 0 atom stereocenters. The predicted octanol–water partition coefficient (Wildman–Crippen LogP) is 15.4. The Balaban J connectivity index is 0.988. The summed E-state index contributed by atoms with van der Waals surface area (Å²) in [6.07, 6.45) is 0. The first-order valence-corrected chi connectivity index (χ1v) is 21.2. The summed E-state index contributed by atoms with van der Waals surface area (Å²) in [7, 11) is 0. The van der Waals surface area contributed by atoms with Gasteiger partial charge in [-0.25, -0.2) is 0 Å². The van der Waals surface area contributed by atoms with Crippen LogP contribution in [0.1, 0.15) is 22.3 Å². The molecule has 10 aromatic carbocycles. The van der Waals surface area contributed by atoms with Crippen LogP contribution in [-0.4, -0.2) is 4.57 Å². The first-order valence-electron chi connectivity index (χ1n) is 21.2. The van der Waals surface area contributed by atoms with Gasteiger partial charge in [-0.1, -0.05) is 164 Å². The van der Waals surface area contributed by atoms with Crippen molar-refractivity contribution in [2.24, 2.45) is 0 Å². The Morgan fingerprint density at radius 3 is 1.67 bits per heavy atom. The molecule has 0 radical (unpaired) electrons. The summed E-state index contributed by atoms with van der Waals surface area (Å²) in [6, 6.07) is 85.0. The van der Waals surface area contributed by atoms with Gasteiger partial charge < -0.3 is 9.47 Å². The lowest BCUT2D eigenvalue weighted by Gasteiger charge is -2.43. The van der Waals surface area contributed by atoms with E-state index < -0.39 is 0 Å². The van der Waals surface area contributed by atoms with Crippen LogP contribution in [0.3, 0.4) is 0 Å². The Kier molecular flexibility index (Phi) is 7.26. The van der Waals surface area contributed by atoms with E-state index in [1.54, 1.807) is 0 Å². The average Bonchev–Trinajstić information content (AvgIpc) is 3.83. The summed E-state index contributed by atoms with van der Waals surface area (Å²) < 4.78 is 2.41. The van der Waals surface area contributed by atoms with Crippen LogP contribution in [0.4, 0.5) is 17.1 Å². The number of rotatable bonds is 6. The molecule has 0 unspecified atom stereocenters. The normalized spacial score (nSPS) is 13.0. The summed E-state index contributed by atoms with van der Waals surface area (Å²) in [5.74, 6) is 0. The van der Waals surface area contributed by atoms with Gasteiger partial charge in [-0.2, -0.15) is 0 Å². The van der Waals surface area contributed by atoms with Gasteiger partial charge in [-0.05, 0) is 133 Å². The number of benzene rings is 10. The van der Waals surface area contributed by atoms with Crippen molar-refractivity contribution in [1.82, 2.24) is 4.57 Å². The van der Waals surface area contributed by atoms with Crippen molar-refractivity contribution in [3.63, 3.8) is 0 Å². The van der Waals surface area contributed by atoms with E-state index in [9.17, 15) is 0 Å². The van der Waals surface area contributed by atoms with E-state index in [0.717, 1.165) is 22.7 Å². The topological polar surface area (TPSA) is 8.17 Å². The third-order valence-corrected chi connectivity index (χ3v) is 13.4. The molecule has 1 aromatic heterocycles. The molecule has 13 rings (SSSR count). The van der Waals surface area contributed by atoms with E-state index in [0.29, 0.717) is 0 Å². The highest BCUT2D eigenvalue weighted by Crippen LogP contribution is 2.64. The molecule has 0 amide bonds. The van der Waals surface area contributed by atoms with Crippen molar-refractivity contribution in [2.45, 2.75) is 5.41 Å². The smallest absolute Gasteiger partial charge is 0.0726 e. The van der Waals surface area contributed by atoms with Crippen molar-refractivity contribution >= 4 is 49.6 Å². The maximum Gasteiger partial charge on any atom is 0.0726 e. The molecule has 2 heteroatoms. The molecule has 0 saturated heterocycles. The summed E-state index contributed by atoms with van der Waals surface area (Å²) in [5, 5.41) is 5.20. The van der Waals surface area contributed by atoms with Crippen LogP contribution >= 0.6 is 0 Å². The average molecular weight is 775 g/mol. The summed E-state index contributed by atoms with van der Waals surface area (Å²) in [4.78, 5) is 2.44. The van der Waals surface area contributed by atoms with Crippen LogP contribution in [0.15, 0.2) is 231 Å². The number of anilines is 3. The Bertz CT molecular complexity index is 3490. The molecule has 0 aliphatic heterocycles. The Morgan fingerprint density at radius 2 is 0.902 bits per heavy atom. The molecular formula is C59H38N2. The van der Waals surface area contributed by atoms with Crippen LogP contribution in [0.25, 0.3) is 71.6 Å². The third-order valence-electron chi connectivity index (χ3n) is 13.4. The van der Waals surface area contributed by atoms with Crippen molar-refractivity contribution < 1.29 is 0 Å². The zero-order valence-corrected chi connectivity index (χ0v) is 33.3. The van der Waals surface area contributed by atoms with Crippen molar-refractivity contribution in [1.29, 1.82) is 0 Å². The van der Waals surface area contributed by atoms with Gasteiger partial charge >= 0.3 is 0 Å². The molecule has 0 saturated carbocycles. The second-order valence-electron chi connectivity index (χ2n) is 16.5. The van der Waals surface area contributed by atoms with Gasteiger partial charge in [0.05, 0.1) is 16.4 Å². The largest absolute Gasteiger partial charge is 0.310 e. The summed E-state index contributed by atoms with van der Waals surface area (Å²) in [5.41, 5.74) is 19.5. The number of hydrogen-bond acceptors (Lipinski definition) is 1. The molecule has 284 valence electrons. The lowest BCUT2D eigenvalue weighted by atomic mass is 9.58. The van der Waals surface area contributed by atoms with Gasteiger partial charge in [0.25, 0.3) is 0 Å². The van der Waals surface area contributed by atoms with E-state index in [1.807, 2.05) is 0 Å². The highest BCUT2D eigenvalue weighted by Gasteiger charge is 2.53. The van der Waals surface area contributed by atoms with Crippen molar-refractivity contribution in [3.8, 4) is 39.1 Å². The van der Waals surface area contributed by atoms with Crippen molar-refractivity contribution in [3.05, 3.63) is 253 Å². The molecule has 0 fully saturated rings.